The number of esters is 1. The highest BCUT2D eigenvalue weighted by molar-refractivity contribution is 7.88. The Morgan fingerprint density at radius 2 is 2.21 bits per heavy atom. The number of methoxy groups -OCH3 is 1. The van der Waals surface area contributed by atoms with Crippen molar-refractivity contribution in [2.75, 3.05) is 38.8 Å². The average Bonchev–Trinajstić information content (AvgIpc) is 2.37. The van der Waals surface area contributed by atoms with Crippen molar-refractivity contribution >= 4 is 21.7 Å². The molecule has 0 unspecified atom stereocenters. The van der Waals surface area contributed by atoms with Crippen molar-refractivity contribution < 1.29 is 17.9 Å². The van der Waals surface area contributed by atoms with Crippen LogP contribution < -0.4 is 5.32 Å². The van der Waals surface area contributed by atoms with Crippen molar-refractivity contribution in [3.05, 3.63) is 24.0 Å². The molecular formula is C11H17N3O4S. The predicted octanol–water partition coefficient (Wildman–Crippen LogP) is 0.171. The van der Waals surface area contributed by atoms with Crippen LogP contribution >= 0.6 is 0 Å². The Morgan fingerprint density at radius 3 is 2.79 bits per heavy atom. The third-order valence-electron chi connectivity index (χ3n) is 2.49. The summed E-state index contributed by atoms with van der Waals surface area (Å²) < 4.78 is 28.2. The number of aromatic nitrogens is 1. The lowest BCUT2D eigenvalue weighted by Gasteiger charge is -2.15. The summed E-state index contributed by atoms with van der Waals surface area (Å²) in [6, 6.07) is 3.36. The first kappa shape index (κ1) is 15.4. The van der Waals surface area contributed by atoms with Crippen LogP contribution in [-0.4, -0.2) is 57.2 Å². The van der Waals surface area contributed by atoms with Gasteiger partial charge in [-0.15, -0.1) is 0 Å². The molecule has 0 radical (unpaired) electrons. The van der Waals surface area contributed by atoms with Gasteiger partial charge in [-0.25, -0.2) is 22.5 Å². The Labute approximate surface area is 112 Å². The number of anilines is 1. The zero-order valence-electron chi connectivity index (χ0n) is 11.1. The first-order chi connectivity index (χ1) is 8.86. The third kappa shape index (κ3) is 4.49. The van der Waals surface area contributed by atoms with E-state index < -0.39 is 16.0 Å². The van der Waals surface area contributed by atoms with Gasteiger partial charge in [0.25, 0.3) is 0 Å². The van der Waals surface area contributed by atoms with E-state index >= 15 is 0 Å². The van der Waals surface area contributed by atoms with E-state index in [1.54, 1.807) is 12.1 Å². The largest absolute Gasteiger partial charge is 0.464 e. The molecule has 0 saturated heterocycles. The molecule has 0 atom stereocenters. The van der Waals surface area contributed by atoms with Crippen LogP contribution in [0.2, 0.25) is 0 Å². The van der Waals surface area contributed by atoms with Crippen molar-refractivity contribution in [2.24, 2.45) is 0 Å². The number of hydrogen-bond donors (Lipinski definition) is 1. The second-order valence-corrected chi connectivity index (χ2v) is 5.99. The van der Waals surface area contributed by atoms with Gasteiger partial charge in [-0.2, -0.15) is 0 Å². The normalized spacial score (nSPS) is 11.4. The van der Waals surface area contributed by atoms with Crippen LogP contribution in [0.5, 0.6) is 0 Å². The zero-order valence-corrected chi connectivity index (χ0v) is 11.9. The van der Waals surface area contributed by atoms with E-state index in [4.69, 9.17) is 0 Å². The molecule has 0 aliphatic heterocycles. The Morgan fingerprint density at radius 1 is 1.53 bits per heavy atom. The van der Waals surface area contributed by atoms with E-state index in [-0.39, 0.29) is 12.2 Å². The molecule has 0 spiro atoms. The second kappa shape index (κ2) is 6.48. The highest BCUT2D eigenvalue weighted by Crippen LogP contribution is 2.12. The standard InChI is InChI=1S/C11H17N3O4S/c1-14(19(3,16)17)8-7-12-9-5-4-6-13-10(9)11(15)18-2/h4-6,12H,7-8H2,1-3H3. The molecule has 19 heavy (non-hydrogen) atoms. The number of sulfonamides is 1. The van der Waals surface area contributed by atoms with Gasteiger partial charge in [-0.05, 0) is 12.1 Å². The fraction of sp³-hybridized carbons (Fsp3) is 0.455. The first-order valence-corrected chi connectivity index (χ1v) is 7.39. The summed E-state index contributed by atoms with van der Waals surface area (Å²) in [5.41, 5.74) is 0.684. The Bertz CT molecular complexity index is 545. The minimum atomic E-state index is -3.20. The van der Waals surface area contributed by atoms with Crippen LogP contribution in [0.15, 0.2) is 18.3 Å². The van der Waals surface area contributed by atoms with E-state index in [2.05, 4.69) is 15.0 Å². The fourth-order valence-corrected chi connectivity index (χ4v) is 1.74. The number of likely N-dealkylation sites (N-methyl/N-ethyl adjacent to an activating group) is 1. The van der Waals surface area contributed by atoms with Crippen molar-refractivity contribution in [3.63, 3.8) is 0 Å². The van der Waals surface area contributed by atoms with Crippen LogP contribution in [0, 0.1) is 0 Å². The van der Waals surface area contributed by atoms with Crippen LogP contribution in [0.1, 0.15) is 10.5 Å². The quantitative estimate of drug-likeness (QED) is 0.750. The minimum absolute atomic E-state index is 0.173. The van der Waals surface area contributed by atoms with Gasteiger partial charge in [0.15, 0.2) is 5.69 Å². The Hall–Kier alpha value is -1.67. The smallest absolute Gasteiger partial charge is 0.358 e. The monoisotopic (exact) mass is 287 g/mol. The molecule has 0 bridgehead atoms. The number of nitrogens with zero attached hydrogens (tertiary/aromatic N) is 2. The molecule has 1 aromatic heterocycles. The highest BCUT2D eigenvalue weighted by atomic mass is 32.2. The first-order valence-electron chi connectivity index (χ1n) is 5.54. The molecule has 0 aromatic carbocycles. The summed E-state index contributed by atoms with van der Waals surface area (Å²) in [7, 11) is -0.439. The minimum Gasteiger partial charge on any atom is -0.464 e. The molecule has 1 heterocycles. The topological polar surface area (TPSA) is 88.6 Å². The zero-order chi connectivity index (χ0) is 14.5. The van der Waals surface area contributed by atoms with Gasteiger partial charge in [-0.1, -0.05) is 0 Å². The van der Waals surface area contributed by atoms with E-state index in [0.717, 1.165) is 6.26 Å². The van der Waals surface area contributed by atoms with Gasteiger partial charge in [0.05, 0.1) is 19.1 Å². The number of carbonyl (C=O) groups is 1. The molecule has 1 rings (SSSR count). The molecule has 0 aliphatic rings. The van der Waals surface area contributed by atoms with Crippen molar-refractivity contribution in [1.29, 1.82) is 0 Å². The maximum atomic E-state index is 11.5. The third-order valence-corrected chi connectivity index (χ3v) is 3.81. The molecule has 1 aromatic rings. The fourth-order valence-electron chi connectivity index (χ4n) is 1.32. The van der Waals surface area contributed by atoms with Crippen LogP contribution in [0.3, 0.4) is 0 Å². The molecule has 0 saturated carbocycles. The lowest BCUT2D eigenvalue weighted by Crippen LogP contribution is -2.30. The van der Waals surface area contributed by atoms with Crippen LogP contribution in [0.4, 0.5) is 5.69 Å². The number of rotatable bonds is 6. The van der Waals surface area contributed by atoms with Gasteiger partial charge >= 0.3 is 5.97 Å². The summed E-state index contributed by atoms with van der Waals surface area (Å²) in [5.74, 6) is -0.542. The van der Waals surface area contributed by atoms with Gasteiger partial charge in [0, 0.05) is 26.3 Å². The lowest BCUT2D eigenvalue weighted by atomic mass is 10.3. The molecule has 106 valence electrons. The van der Waals surface area contributed by atoms with E-state index in [9.17, 15) is 13.2 Å². The summed E-state index contributed by atoms with van der Waals surface area (Å²) in [6.07, 6.45) is 2.62. The van der Waals surface area contributed by atoms with E-state index in [1.165, 1.54) is 24.7 Å². The van der Waals surface area contributed by atoms with Crippen LogP contribution in [0.25, 0.3) is 0 Å². The second-order valence-electron chi connectivity index (χ2n) is 3.90. The van der Waals surface area contributed by atoms with Gasteiger partial charge in [0.1, 0.15) is 0 Å². The van der Waals surface area contributed by atoms with Crippen molar-refractivity contribution in [1.82, 2.24) is 9.29 Å². The number of hydrogen-bond acceptors (Lipinski definition) is 6. The number of nitrogens with one attached hydrogen (secondary N) is 1. The maximum absolute atomic E-state index is 11.5. The predicted molar refractivity (Wildman–Crippen MR) is 71.5 cm³/mol. The maximum Gasteiger partial charge on any atom is 0.358 e. The summed E-state index contributed by atoms with van der Waals surface area (Å²) in [4.78, 5) is 15.4. The highest BCUT2D eigenvalue weighted by Gasteiger charge is 2.14. The Balaban J connectivity index is 2.66. The van der Waals surface area contributed by atoms with Gasteiger partial charge in [-0.3, -0.25) is 0 Å². The molecule has 0 fully saturated rings. The number of pyridine rings is 1. The molecule has 0 aliphatic carbocycles. The summed E-state index contributed by atoms with van der Waals surface area (Å²) >= 11 is 0. The number of ether oxygens (including phenoxy) is 1. The SMILES string of the molecule is COC(=O)c1ncccc1NCCN(C)S(C)(=O)=O. The molecule has 8 heteroatoms. The molecule has 1 N–H and O–H groups in total. The lowest BCUT2D eigenvalue weighted by molar-refractivity contribution is 0.0595. The number of carbonyl (C=O) groups excluding carboxylic acids is 1. The van der Waals surface area contributed by atoms with Gasteiger partial charge < -0.3 is 10.1 Å². The van der Waals surface area contributed by atoms with Crippen molar-refractivity contribution in [2.45, 2.75) is 0 Å². The van der Waals surface area contributed by atoms with E-state index in [1.807, 2.05) is 0 Å². The molecule has 7 nitrogen and oxygen atoms in total. The molecule has 0 amide bonds. The molecular weight excluding hydrogens is 270 g/mol. The van der Waals surface area contributed by atoms with Gasteiger partial charge in [0.2, 0.25) is 10.0 Å². The summed E-state index contributed by atoms with van der Waals surface area (Å²) in [5, 5.41) is 2.96. The average molecular weight is 287 g/mol. The van der Waals surface area contributed by atoms with Crippen LogP contribution in [-0.2, 0) is 14.8 Å². The van der Waals surface area contributed by atoms with E-state index in [0.29, 0.717) is 12.2 Å². The van der Waals surface area contributed by atoms with Crippen molar-refractivity contribution in [3.8, 4) is 0 Å². The summed E-state index contributed by atoms with van der Waals surface area (Å²) in [6.45, 7) is 0.646. The Kier molecular flexibility index (Phi) is 5.25.